The first-order valence-electron chi connectivity index (χ1n) is 16.1. The zero-order valence-corrected chi connectivity index (χ0v) is 27.8. The Morgan fingerprint density at radius 3 is 2.75 bits per heavy atom. The van der Waals surface area contributed by atoms with E-state index < -0.39 is 23.7 Å². The van der Waals surface area contributed by atoms with Crippen LogP contribution in [-0.4, -0.2) is 102 Å². The molecule has 1 saturated carbocycles. The van der Waals surface area contributed by atoms with Gasteiger partial charge in [0.1, 0.15) is 18.5 Å². The highest BCUT2D eigenvalue weighted by Crippen LogP contribution is 2.43. The fraction of sp³-hybridized carbons (Fsp3) is 0.500. The van der Waals surface area contributed by atoms with Gasteiger partial charge < -0.3 is 29.2 Å². The van der Waals surface area contributed by atoms with Crippen LogP contribution in [0.2, 0.25) is 5.02 Å². The quantitative estimate of drug-likeness (QED) is 0.208. The standard InChI is InChI=1S/C34H38ClF3N8O2/c1-21(43(4)17-23-12-34(37,38)13-23)20-48-33-41-28-19-44(29-16-40-14-24-6-5-7-27(35)30(24)29)9-8-26(28)31(42-33)45-10-11-46(32(47)22(2)36)25(18-45)15-39-3/h5-7,14,16,21,23,25H,2,8-13,15,17-20H2,1,4H3/t21-,25+/m1/s1. The zero-order valence-electron chi connectivity index (χ0n) is 27.0. The number of nitrogens with zero attached hydrogens (tertiary/aromatic N) is 8. The van der Waals surface area contributed by atoms with Gasteiger partial charge in [-0.3, -0.25) is 9.78 Å². The highest BCUT2D eigenvalue weighted by Gasteiger charge is 2.45. The summed E-state index contributed by atoms with van der Waals surface area (Å²) >= 11 is 6.66. The number of amides is 1. The predicted octanol–water partition coefficient (Wildman–Crippen LogP) is 5.40. The number of aromatic nitrogens is 3. The zero-order chi connectivity index (χ0) is 34.2. The van der Waals surface area contributed by atoms with Crippen LogP contribution in [0.15, 0.2) is 43.0 Å². The summed E-state index contributed by atoms with van der Waals surface area (Å²) in [5, 5.41) is 2.46. The maximum absolute atomic E-state index is 13.9. The molecule has 6 rings (SSSR count). The highest BCUT2D eigenvalue weighted by molar-refractivity contribution is 6.36. The Labute approximate surface area is 283 Å². The Morgan fingerprint density at radius 2 is 2.02 bits per heavy atom. The molecule has 1 saturated heterocycles. The summed E-state index contributed by atoms with van der Waals surface area (Å²) in [5.41, 5.74) is 2.59. The van der Waals surface area contributed by atoms with Crippen molar-refractivity contribution in [2.45, 2.75) is 50.7 Å². The van der Waals surface area contributed by atoms with Crippen molar-refractivity contribution in [2.24, 2.45) is 5.92 Å². The molecule has 2 fully saturated rings. The summed E-state index contributed by atoms with van der Waals surface area (Å²) in [6.07, 6.45) is 4.00. The smallest absolute Gasteiger partial charge is 0.318 e. The number of ether oxygens (including phenoxy) is 1. The number of halogens is 4. The molecule has 3 aliphatic rings. The van der Waals surface area contributed by atoms with Gasteiger partial charge in [0.2, 0.25) is 12.5 Å². The molecule has 4 heterocycles. The number of hydrogen-bond acceptors (Lipinski definition) is 8. The molecular weight excluding hydrogens is 645 g/mol. The van der Waals surface area contributed by atoms with Gasteiger partial charge in [-0.25, -0.2) is 19.7 Å². The van der Waals surface area contributed by atoms with Crippen molar-refractivity contribution in [3.8, 4) is 6.01 Å². The molecule has 0 N–H and O–H groups in total. The molecule has 0 unspecified atom stereocenters. The number of carbonyl (C=O) groups is 1. The molecule has 2 atom stereocenters. The Kier molecular flexibility index (Phi) is 9.67. The normalized spacial score (nSPS) is 19.9. The van der Waals surface area contributed by atoms with Crippen molar-refractivity contribution in [1.82, 2.24) is 24.8 Å². The lowest BCUT2D eigenvalue weighted by Crippen LogP contribution is -2.57. The van der Waals surface area contributed by atoms with Gasteiger partial charge >= 0.3 is 6.01 Å². The van der Waals surface area contributed by atoms with Gasteiger partial charge in [0.25, 0.3) is 5.91 Å². The summed E-state index contributed by atoms with van der Waals surface area (Å²) in [6.45, 7) is 15.3. The summed E-state index contributed by atoms with van der Waals surface area (Å²) in [5.74, 6) is -3.82. The minimum Gasteiger partial charge on any atom is -0.462 e. The van der Waals surface area contributed by atoms with Crippen LogP contribution >= 0.6 is 11.6 Å². The minimum absolute atomic E-state index is 0.00550. The van der Waals surface area contributed by atoms with E-state index in [1.165, 1.54) is 4.90 Å². The lowest BCUT2D eigenvalue weighted by Gasteiger charge is -2.41. The van der Waals surface area contributed by atoms with Crippen LogP contribution < -0.4 is 14.5 Å². The van der Waals surface area contributed by atoms with Crippen molar-refractivity contribution in [3.05, 3.63) is 70.7 Å². The van der Waals surface area contributed by atoms with Crippen LogP contribution in [0.5, 0.6) is 6.01 Å². The van der Waals surface area contributed by atoms with Crippen LogP contribution in [-0.2, 0) is 17.8 Å². The third kappa shape index (κ3) is 7.00. The molecule has 0 spiro atoms. The Hall–Kier alpha value is -4.15. The van der Waals surface area contributed by atoms with Crippen molar-refractivity contribution >= 4 is 39.8 Å². The third-order valence-corrected chi connectivity index (χ3v) is 9.89. The van der Waals surface area contributed by atoms with Crippen molar-refractivity contribution in [1.29, 1.82) is 0 Å². The van der Waals surface area contributed by atoms with E-state index in [4.69, 9.17) is 32.9 Å². The molecule has 10 nitrogen and oxygen atoms in total. The Bertz CT molecular complexity index is 1740. The van der Waals surface area contributed by atoms with E-state index in [1.54, 1.807) is 12.4 Å². The molecule has 0 bridgehead atoms. The lowest BCUT2D eigenvalue weighted by molar-refractivity contribution is -0.131. The van der Waals surface area contributed by atoms with Gasteiger partial charge in [-0.2, -0.15) is 9.97 Å². The molecule has 0 radical (unpaired) electrons. The van der Waals surface area contributed by atoms with Crippen LogP contribution in [0.4, 0.5) is 24.7 Å². The minimum atomic E-state index is -2.56. The fourth-order valence-electron chi connectivity index (χ4n) is 6.89. The first kappa shape index (κ1) is 33.7. The number of hydrogen-bond donors (Lipinski definition) is 0. The topological polar surface area (TPSA) is 82.3 Å². The van der Waals surface area contributed by atoms with E-state index >= 15 is 0 Å². The molecule has 254 valence electrons. The number of carbonyl (C=O) groups excluding carboxylic acids is 1. The van der Waals surface area contributed by atoms with Crippen LogP contribution in [0.3, 0.4) is 0 Å². The summed E-state index contributed by atoms with van der Waals surface area (Å²) < 4.78 is 46.9. The van der Waals surface area contributed by atoms with Crippen LogP contribution in [0.25, 0.3) is 15.6 Å². The van der Waals surface area contributed by atoms with Gasteiger partial charge in [-0.05, 0) is 32.4 Å². The second-order valence-corrected chi connectivity index (χ2v) is 13.4. The first-order chi connectivity index (χ1) is 22.9. The number of fused-ring (bicyclic) bond motifs is 2. The molecule has 1 amide bonds. The number of piperazine rings is 1. The second-order valence-electron chi connectivity index (χ2n) is 13.0. The molecule has 1 aromatic carbocycles. The highest BCUT2D eigenvalue weighted by atomic mass is 35.5. The van der Waals surface area contributed by atoms with E-state index in [-0.39, 0.29) is 57.1 Å². The average Bonchev–Trinajstić information content (AvgIpc) is 3.05. The molecule has 1 aliphatic carbocycles. The number of pyridine rings is 1. The van der Waals surface area contributed by atoms with E-state index in [9.17, 15) is 18.0 Å². The third-order valence-electron chi connectivity index (χ3n) is 9.58. The molecule has 3 aromatic rings. The average molecular weight is 683 g/mol. The van der Waals surface area contributed by atoms with Gasteiger partial charge in [0.15, 0.2) is 5.83 Å². The van der Waals surface area contributed by atoms with Crippen molar-refractivity contribution in [3.63, 3.8) is 0 Å². The first-order valence-corrected chi connectivity index (χ1v) is 16.4. The Morgan fingerprint density at radius 1 is 1.23 bits per heavy atom. The molecule has 48 heavy (non-hydrogen) atoms. The van der Waals surface area contributed by atoms with Crippen LogP contribution in [0, 0.1) is 12.5 Å². The van der Waals surface area contributed by atoms with Crippen molar-refractivity contribution in [2.75, 3.05) is 62.7 Å². The van der Waals surface area contributed by atoms with E-state index in [2.05, 4.69) is 21.3 Å². The molecular formula is C34H38ClF3N8O2. The number of likely N-dealkylation sites (N-methyl/N-ethyl adjacent to an activating group) is 1. The largest absolute Gasteiger partial charge is 0.462 e. The van der Waals surface area contributed by atoms with Gasteiger partial charge in [0.05, 0.1) is 29.1 Å². The fourth-order valence-corrected chi connectivity index (χ4v) is 7.17. The predicted molar refractivity (Wildman–Crippen MR) is 178 cm³/mol. The maximum atomic E-state index is 13.9. The molecule has 14 heteroatoms. The Balaban J connectivity index is 1.28. The monoisotopic (exact) mass is 682 g/mol. The number of rotatable bonds is 10. The van der Waals surface area contributed by atoms with Gasteiger partial charge in [-0.15, -0.1) is 0 Å². The van der Waals surface area contributed by atoms with Crippen LogP contribution in [0.1, 0.15) is 31.0 Å². The lowest BCUT2D eigenvalue weighted by atomic mass is 9.81. The number of anilines is 2. The van der Waals surface area contributed by atoms with E-state index in [0.717, 1.165) is 27.7 Å². The van der Waals surface area contributed by atoms with Gasteiger partial charge in [-0.1, -0.05) is 30.3 Å². The number of alkyl halides is 2. The molecule has 2 aliphatic heterocycles. The summed E-state index contributed by atoms with van der Waals surface area (Å²) in [7, 11) is 1.90. The van der Waals surface area contributed by atoms with Crippen molar-refractivity contribution < 1.29 is 22.7 Å². The van der Waals surface area contributed by atoms with E-state index in [1.807, 2.05) is 42.0 Å². The van der Waals surface area contributed by atoms with Gasteiger partial charge in [0, 0.05) is 74.1 Å². The maximum Gasteiger partial charge on any atom is 0.318 e. The second kappa shape index (κ2) is 13.8. The SMILES string of the molecule is [C-]#[N+]C[C@H]1CN(c2nc(OC[C@@H](C)N(C)CC3CC(F)(F)C3)nc3c2CCN(c2cncc4cccc(Cl)c24)C3)CCN1C(=O)C(=C)F. The summed E-state index contributed by atoms with van der Waals surface area (Å²) in [6, 6.07) is 5.25. The number of benzene rings is 1. The molecule has 2 aromatic heterocycles. The van der Waals surface area contributed by atoms with E-state index in [0.29, 0.717) is 43.4 Å². The summed E-state index contributed by atoms with van der Waals surface area (Å²) in [4.78, 5) is 37.8.